The maximum atomic E-state index is 13.2. The second kappa shape index (κ2) is 14.8. The molecular formula is C43H51N3O5. The van der Waals surface area contributed by atoms with Gasteiger partial charge in [0.05, 0.1) is 18.2 Å². The molecule has 51 heavy (non-hydrogen) atoms. The van der Waals surface area contributed by atoms with Crippen LogP contribution >= 0.6 is 0 Å². The Bertz CT molecular complexity index is 1940. The maximum absolute atomic E-state index is 13.2. The molecule has 1 heterocycles. The van der Waals surface area contributed by atoms with Crippen LogP contribution < -0.4 is 20.3 Å². The van der Waals surface area contributed by atoms with Crippen molar-refractivity contribution in [1.29, 1.82) is 0 Å². The van der Waals surface area contributed by atoms with Crippen molar-refractivity contribution in [3.05, 3.63) is 112 Å². The fourth-order valence-electron chi connectivity index (χ4n) is 7.30. The summed E-state index contributed by atoms with van der Waals surface area (Å²) in [4.78, 5) is 40.9. The van der Waals surface area contributed by atoms with Gasteiger partial charge in [-0.15, -0.1) is 0 Å². The molecule has 2 saturated carbocycles. The van der Waals surface area contributed by atoms with E-state index in [0.29, 0.717) is 11.5 Å². The summed E-state index contributed by atoms with van der Waals surface area (Å²) in [5, 5.41) is 3.26. The smallest absolute Gasteiger partial charge is 0.254 e. The third kappa shape index (κ3) is 7.90. The zero-order chi connectivity index (χ0) is 36.4. The van der Waals surface area contributed by atoms with Gasteiger partial charge >= 0.3 is 0 Å². The Morgan fingerprint density at radius 3 is 2.12 bits per heavy atom. The standard InChI is InChI=1S/C43H51N3O5/c1-27-12-11-13-28(2)41(27)51-38-21-16-33(30(4)46(31(5)47)29(3)32-14-9-8-10-15-32)24-36(38)37-26-45(7)40(48)25-39(37)50-35-19-17-34(18-20-35)44-42(49)43(6)22-23-43/h8-16,21,24-26,29-30,34-35H,17-20,22-23H2,1-7H3,(H,44,49). The molecule has 0 spiro atoms. The maximum Gasteiger partial charge on any atom is 0.254 e. The highest BCUT2D eigenvalue weighted by molar-refractivity contribution is 5.85. The van der Waals surface area contributed by atoms with E-state index < -0.39 is 0 Å². The normalized spacial score (nSPS) is 19.0. The summed E-state index contributed by atoms with van der Waals surface area (Å²) in [5.41, 5.74) is 5.13. The minimum Gasteiger partial charge on any atom is -0.490 e. The summed E-state index contributed by atoms with van der Waals surface area (Å²) in [5.74, 6) is 2.02. The summed E-state index contributed by atoms with van der Waals surface area (Å²) in [6.45, 7) is 11.8. The third-order valence-electron chi connectivity index (χ3n) is 10.9. The Hall–Kier alpha value is -4.85. The summed E-state index contributed by atoms with van der Waals surface area (Å²) >= 11 is 0. The first kappa shape index (κ1) is 36.0. The summed E-state index contributed by atoms with van der Waals surface area (Å²) in [7, 11) is 1.74. The van der Waals surface area contributed by atoms with Crippen LogP contribution in [0.2, 0.25) is 0 Å². The highest BCUT2D eigenvalue weighted by Gasteiger charge is 2.45. The number of hydrogen-bond acceptors (Lipinski definition) is 5. The topological polar surface area (TPSA) is 89.9 Å². The van der Waals surface area contributed by atoms with Crippen molar-refractivity contribution in [3.8, 4) is 28.4 Å². The number of carbonyl (C=O) groups excluding carboxylic acids is 2. The number of aromatic nitrogens is 1. The van der Waals surface area contributed by atoms with Crippen LogP contribution in [0.25, 0.3) is 11.1 Å². The molecule has 4 aromatic rings. The lowest BCUT2D eigenvalue weighted by Gasteiger charge is -2.35. The predicted octanol–water partition coefficient (Wildman–Crippen LogP) is 8.74. The second-order valence-electron chi connectivity index (χ2n) is 14.9. The van der Waals surface area contributed by atoms with Crippen LogP contribution in [0.15, 0.2) is 83.8 Å². The van der Waals surface area contributed by atoms with Crippen LogP contribution in [-0.2, 0) is 16.6 Å². The molecule has 0 bridgehead atoms. The molecule has 2 aliphatic carbocycles. The number of ether oxygens (including phenoxy) is 2. The first-order chi connectivity index (χ1) is 24.3. The minimum atomic E-state index is -0.272. The molecule has 8 nitrogen and oxygen atoms in total. The lowest BCUT2D eigenvalue weighted by atomic mass is 9.92. The van der Waals surface area contributed by atoms with E-state index in [-0.39, 0.29) is 47.0 Å². The van der Waals surface area contributed by atoms with Gasteiger partial charge in [-0.3, -0.25) is 14.4 Å². The summed E-state index contributed by atoms with van der Waals surface area (Å²) in [6.07, 6.45) is 6.80. The molecular weight excluding hydrogens is 638 g/mol. The van der Waals surface area contributed by atoms with Crippen molar-refractivity contribution in [1.82, 2.24) is 14.8 Å². The van der Waals surface area contributed by atoms with E-state index in [1.54, 1.807) is 24.6 Å². The van der Waals surface area contributed by atoms with E-state index in [0.717, 1.165) is 77.7 Å². The zero-order valence-corrected chi connectivity index (χ0v) is 31.0. The number of nitrogens with one attached hydrogen (secondary N) is 1. The molecule has 1 aromatic heterocycles. The molecule has 268 valence electrons. The van der Waals surface area contributed by atoms with Gasteiger partial charge in [-0.05, 0) is 101 Å². The van der Waals surface area contributed by atoms with E-state index in [2.05, 4.69) is 18.3 Å². The van der Waals surface area contributed by atoms with E-state index in [4.69, 9.17) is 9.47 Å². The van der Waals surface area contributed by atoms with Gasteiger partial charge < -0.3 is 24.3 Å². The number of nitrogens with zero attached hydrogens (tertiary/aromatic N) is 2. The molecule has 2 atom stereocenters. The molecule has 6 rings (SSSR count). The van der Waals surface area contributed by atoms with Crippen LogP contribution in [0, 0.1) is 19.3 Å². The number of para-hydroxylation sites is 1. The van der Waals surface area contributed by atoms with Crippen molar-refractivity contribution < 1.29 is 19.1 Å². The van der Waals surface area contributed by atoms with Crippen LogP contribution in [0.1, 0.15) is 101 Å². The van der Waals surface area contributed by atoms with E-state index in [1.807, 2.05) is 99.5 Å². The van der Waals surface area contributed by atoms with Gasteiger partial charge in [0.15, 0.2) is 0 Å². The van der Waals surface area contributed by atoms with Crippen molar-refractivity contribution in [2.75, 3.05) is 0 Å². The second-order valence-corrected chi connectivity index (χ2v) is 14.9. The van der Waals surface area contributed by atoms with Crippen LogP contribution in [0.3, 0.4) is 0 Å². The molecule has 2 unspecified atom stereocenters. The highest BCUT2D eigenvalue weighted by atomic mass is 16.5. The number of amides is 2. The van der Waals surface area contributed by atoms with Gasteiger partial charge in [-0.25, -0.2) is 0 Å². The minimum absolute atomic E-state index is 0.0274. The molecule has 8 heteroatoms. The number of benzene rings is 3. The van der Waals surface area contributed by atoms with Crippen molar-refractivity contribution in [2.24, 2.45) is 12.5 Å². The van der Waals surface area contributed by atoms with Crippen molar-refractivity contribution >= 4 is 11.8 Å². The number of hydrogen-bond donors (Lipinski definition) is 1. The molecule has 3 aromatic carbocycles. The first-order valence-electron chi connectivity index (χ1n) is 18.2. The molecule has 0 saturated heterocycles. The highest BCUT2D eigenvalue weighted by Crippen LogP contribution is 2.46. The van der Waals surface area contributed by atoms with Gasteiger partial charge in [0.25, 0.3) is 5.56 Å². The Labute approximate surface area is 301 Å². The Morgan fingerprint density at radius 1 is 0.843 bits per heavy atom. The fraction of sp³-hybridized carbons (Fsp3) is 0.419. The quantitative estimate of drug-likeness (QED) is 0.170. The van der Waals surface area contributed by atoms with Gasteiger partial charge in [0.1, 0.15) is 17.2 Å². The van der Waals surface area contributed by atoms with Crippen LogP contribution in [-0.4, -0.2) is 33.4 Å². The lowest BCUT2D eigenvalue weighted by molar-refractivity contribution is -0.133. The third-order valence-corrected chi connectivity index (χ3v) is 10.9. The summed E-state index contributed by atoms with van der Waals surface area (Å²) < 4.78 is 15.0. The Balaban J connectivity index is 1.36. The van der Waals surface area contributed by atoms with Gasteiger partial charge in [-0.1, -0.05) is 61.5 Å². The number of aryl methyl sites for hydroxylation is 3. The zero-order valence-electron chi connectivity index (χ0n) is 31.0. The molecule has 0 radical (unpaired) electrons. The van der Waals surface area contributed by atoms with Crippen molar-refractivity contribution in [3.63, 3.8) is 0 Å². The molecule has 2 aliphatic rings. The van der Waals surface area contributed by atoms with Gasteiger partial charge in [0.2, 0.25) is 11.8 Å². The Kier molecular flexibility index (Phi) is 10.4. The fourth-order valence-corrected chi connectivity index (χ4v) is 7.30. The van der Waals surface area contributed by atoms with Gasteiger partial charge in [0, 0.05) is 48.8 Å². The number of rotatable bonds is 11. The van der Waals surface area contributed by atoms with E-state index in [1.165, 1.54) is 0 Å². The van der Waals surface area contributed by atoms with Crippen LogP contribution in [0.5, 0.6) is 17.2 Å². The molecule has 0 aliphatic heterocycles. The largest absolute Gasteiger partial charge is 0.490 e. The SMILES string of the molecule is CC(=O)N(C(C)c1ccccc1)C(C)c1ccc(Oc2c(C)cccc2C)c(-c2cn(C)c(=O)cc2OC2CCC(NC(=O)C3(C)CC3)CC2)c1. The van der Waals surface area contributed by atoms with E-state index >= 15 is 0 Å². The number of carbonyl (C=O) groups is 2. The molecule has 1 N–H and O–H groups in total. The van der Waals surface area contributed by atoms with E-state index in [9.17, 15) is 14.4 Å². The van der Waals surface area contributed by atoms with Gasteiger partial charge in [-0.2, -0.15) is 0 Å². The average Bonchev–Trinajstić information content (AvgIpc) is 3.87. The lowest BCUT2D eigenvalue weighted by Crippen LogP contribution is -2.42. The van der Waals surface area contributed by atoms with Crippen LogP contribution in [0.4, 0.5) is 0 Å². The Morgan fingerprint density at radius 2 is 1.49 bits per heavy atom. The summed E-state index contributed by atoms with van der Waals surface area (Å²) in [6, 6.07) is 23.4. The molecule has 2 amide bonds. The average molecular weight is 690 g/mol. The predicted molar refractivity (Wildman–Crippen MR) is 201 cm³/mol. The molecule has 2 fully saturated rings. The number of pyridine rings is 1. The first-order valence-corrected chi connectivity index (χ1v) is 18.2. The van der Waals surface area contributed by atoms with Crippen molar-refractivity contribution in [2.45, 2.75) is 104 Å². The monoisotopic (exact) mass is 689 g/mol.